The van der Waals surface area contributed by atoms with Crippen LogP contribution in [-0.2, 0) is 9.47 Å². The van der Waals surface area contributed by atoms with Gasteiger partial charge < -0.3 is 24.8 Å². The van der Waals surface area contributed by atoms with Crippen molar-refractivity contribution >= 4 is 23.0 Å². The van der Waals surface area contributed by atoms with Gasteiger partial charge in [-0.2, -0.15) is 0 Å². The quantitative estimate of drug-likeness (QED) is 0.791. The maximum absolute atomic E-state index is 11.8. The van der Waals surface area contributed by atoms with Gasteiger partial charge in [0.15, 0.2) is 5.17 Å². The number of hydrogen-bond acceptors (Lipinski definition) is 6. The van der Waals surface area contributed by atoms with Crippen LogP contribution in [0.25, 0.3) is 0 Å². The number of aliphatic hydroxyl groups is 1. The summed E-state index contributed by atoms with van der Waals surface area (Å²) in [6.07, 6.45) is -0.718. The van der Waals surface area contributed by atoms with Crippen LogP contribution < -0.4 is 5.32 Å². The van der Waals surface area contributed by atoms with Crippen molar-refractivity contribution in [1.82, 2.24) is 10.2 Å². The third kappa shape index (κ3) is 3.81. The van der Waals surface area contributed by atoms with Gasteiger partial charge in [-0.15, -0.1) is 0 Å². The summed E-state index contributed by atoms with van der Waals surface area (Å²) >= 11 is 1.46. The third-order valence-corrected chi connectivity index (χ3v) is 4.83. The lowest BCUT2D eigenvalue weighted by Gasteiger charge is -2.34. The summed E-state index contributed by atoms with van der Waals surface area (Å²) in [4.78, 5) is 17.5. The molecule has 2 saturated heterocycles. The summed E-state index contributed by atoms with van der Waals surface area (Å²) < 4.78 is 11.1. The van der Waals surface area contributed by atoms with Gasteiger partial charge in [0, 0.05) is 26.6 Å². The standard InChI is InChI=1S/C13H23N3O4S/c1-4-16(5-2)13(18)19-7-8-6-9(17)10-11(20-8)21-12(14-3)15-10/h8-11,17H,4-7H2,1-3H3,(H,14,15)/t8-,9-,10+,11+/m0/s1. The first-order valence-electron chi connectivity index (χ1n) is 7.24. The minimum Gasteiger partial charge on any atom is -0.447 e. The first-order valence-corrected chi connectivity index (χ1v) is 8.12. The van der Waals surface area contributed by atoms with Crippen LogP contribution in [0.15, 0.2) is 4.99 Å². The molecule has 0 radical (unpaired) electrons. The number of aliphatic hydroxyl groups excluding tert-OH is 1. The van der Waals surface area contributed by atoms with E-state index >= 15 is 0 Å². The fraction of sp³-hybridized carbons (Fsp3) is 0.846. The second kappa shape index (κ2) is 7.33. The lowest BCUT2D eigenvalue weighted by molar-refractivity contribution is -0.0944. The van der Waals surface area contributed by atoms with Crippen molar-refractivity contribution in [3.63, 3.8) is 0 Å². The Kier molecular flexibility index (Phi) is 5.72. The van der Waals surface area contributed by atoms with Crippen LogP contribution >= 0.6 is 11.8 Å². The summed E-state index contributed by atoms with van der Waals surface area (Å²) in [5, 5.41) is 14.1. The van der Waals surface area contributed by atoms with E-state index in [0.717, 1.165) is 5.17 Å². The number of nitrogens with zero attached hydrogens (tertiary/aromatic N) is 2. The maximum atomic E-state index is 11.8. The second-order valence-corrected chi connectivity index (χ2v) is 6.08. The molecule has 2 N–H and O–H groups in total. The van der Waals surface area contributed by atoms with Gasteiger partial charge in [0.25, 0.3) is 0 Å². The van der Waals surface area contributed by atoms with E-state index in [0.29, 0.717) is 19.5 Å². The normalized spacial score (nSPS) is 33.4. The van der Waals surface area contributed by atoms with E-state index in [9.17, 15) is 9.90 Å². The molecule has 2 rings (SSSR count). The third-order valence-electron chi connectivity index (χ3n) is 3.67. The Morgan fingerprint density at radius 3 is 2.90 bits per heavy atom. The Morgan fingerprint density at radius 2 is 2.29 bits per heavy atom. The van der Waals surface area contributed by atoms with Gasteiger partial charge in [-0.1, -0.05) is 11.8 Å². The lowest BCUT2D eigenvalue weighted by atomic mass is 10.0. The van der Waals surface area contributed by atoms with E-state index in [1.807, 2.05) is 13.8 Å². The number of aliphatic imine (C=N–C) groups is 1. The minimum absolute atomic E-state index is 0.150. The van der Waals surface area contributed by atoms with Crippen molar-refractivity contribution < 1.29 is 19.4 Å². The van der Waals surface area contributed by atoms with Crippen molar-refractivity contribution in [2.75, 3.05) is 26.7 Å². The number of rotatable bonds is 4. The smallest absolute Gasteiger partial charge is 0.409 e. The molecule has 0 aromatic rings. The summed E-state index contributed by atoms with van der Waals surface area (Å²) in [6.45, 7) is 5.20. The number of amidine groups is 1. The van der Waals surface area contributed by atoms with Crippen LogP contribution in [-0.4, -0.2) is 71.7 Å². The topological polar surface area (TPSA) is 83.4 Å². The molecule has 0 saturated carbocycles. The van der Waals surface area contributed by atoms with Gasteiger partial charge in [0.05, 0.1) is 18.2 Å². The molecular weight excluding hydrogens is 294 g/mol. The van der Waals surface area contributed by atoms with E-state index in [4.69, 9.17) is 9.47 Å². The number of nitrogens with one attached hydrogen (secondary N) is 1. The molecule has 0 spiro atoms. The molecule has 4 atom stereocenters. The fourth-order valence-corrected chi connectivity index (χ4v) is 3.58. The van der Waals surface area contributed by atoms with Crippen LogP contribution in [0.5, 0.6) is 0 Å². The van der Waals surface area contributed by atoms with E-state index in [1.165, 1.54) is 11.8 Å². The van der Waals surface area contributed by atoms with E-state index in [2.05, 4.69) is 10.3 Å². The molecular formula is C13H23N3O4S. The summed E-state index contributed by atoms with van der Waals surface area (Å²) in [7, 11) is 1.70. The van der Waals surface area contributed by atoms with Crippen molar-refractivity contribution in [2.24, 2.45) is 4.99 Å². The number of amides is 1. The molecule has 7 nitrogen and oxygen atoms in total. The largest absolute Gasteiger partial charge is 0.447 e. The zero-order chi connectivity index (χ0) is 15.4. The van der Waals surface area contributed by atoms with Crippen molar-refractivity contribution in [3.8, 4) is 0 Å². The average molecular weight is 317 g/mol. The highest BCUT2D eigenvalue weighted by Crippen LogP contribution is 2.33. The highest BCUT2D eigenvalue weighted by atomic mass is 32.2. The first-order chi connectivity index (χ1) is 10.1. The average Bonchev–Trinajstić information content (AvgIpc) is 2.90. The first kappa shape index (κ1) is 16.4. The predicted molar refractivity (Wildman–Crippen MR) is 81.4 cm³/mol. The molecule has 0 bridgehead atoms. The Hall–Kier alpha value is -0.990. The van der Waals surface area contributed by atoms with Gasteiger partial charge >= 0.3 is 6.09 Å². The van der Waals surface area contributed by atoms with Crippen LogP contribution in [0, 0.1) is 0 Å². The van der Waals surface area contributed by atoms with Crippen LogP contribution in [0.4, 0.5) is 4.79 Å². The second-order valence-electron chi connectivity index (χ2n) is 5.00. The molecule has 120 valence electrons. The van der Waals surface area contributed by atoms with Crippen molar-refractivity contribution in [1.29, 1.82) is 0 Å². The van der Waals surface area contributed by atoms with Gasteiger partial charge in [-0.05, 0) is 13.8 Å². The molecule has 0 aromatic carbocycles. The summed E-state index contributed by atoms with van der Waals surface area (Å²) in [5.74, 6) is 0. The summed E-state index contributed by atoms with van der Waals surface area (Å²) in [5.41, 5.74) is -0.190. The van der Waals surface area contributed by atoms with E-state index in [-0.39, 0.29) is 30.3 Å². The molecule has 2 aliphatic heterocycles. The van der Waals surface area contributed by atoms with Gasteiger partial charge in [0.2, 0.25) is 0 Å². The molecule has 0 unspecified atom stereocenters. The highest BCUT2D eigenvalue weighted by molar-refractivity contribution is 8.14. The Balaban J connectivity index is 1.85. The number of hydrogen-bond donors (Lipinski definition) is 2. The monoisotopic (exact) mass is 317 g/mol. The zero-order valence-electron chi connectivity index (χ0n) is 12.6. The lowest BCUT2D eigenvalue weighted by Crippen LogP contribution is -2.51. The SMILES string of the molecule is CCN(CC)C(=O)OC[C@@H]1C[C@H](O)[C@H]2NC(=NC)S[C@H]2O1. The minimum atomic E-state index is -0.535. The van der Waals surface area contributed by atoms with E-state index < -0.39 is 6.10 Å². The number of thioether (sulfide) groups is 1. The van der Waals surface area contributed by atoms with Crippen molar-refractivity contribution in [2.45, 2.75) is 44.0 Å². The molecule has 0 aliphatic carbocycles. The molecule has 0 aromatic heterocycles. The predicted octanol–water partition coefficient (Wildman–Crippen LogP) is 0.632. The van der Waals surface area contributed by atoms with Gasteiger partial charge in [0.1, 0.15) is 12.0 Å². The molecule has 2 aliphatic rings. The van der Waals surface area contributed by atoms with Gasteiger partial charge in [-0.25, -0.2) is 4.79 Å². The Morgan fingerprint density at radius 1 is 1.57 bits per heavy atom. The number of fused-ring (bicyclic) bond motifs is 1. The fourth-order valence-electron chi connectivity index (χ4n) is 2.44. The molecule has 2 fully saturated rings. The Bertz CT molecular complexity index is 403. The summed E-state index contributed by atoms with van der Waals surface area (Å²) in [6, 6.07) is -0.150. The number of carbonyl (C=O) groups is 1. The highest BCUT2D eigenvalue weighted by Gasteiger charge is 2.44. The van der Waals surface area contributed by atoms with E-state index in [1.54, 1.807) is 11.9 Å². The van der Waals surface area contributed by atoms with Gasteiger partial charge in [-0.3, -0.25) is 4.99 Å². The molecule has 1 amide bonds. The van der Waals surface area contributed by atoms with Crippen LogP contribution in [0.1, 0.15) is 20.3 Å². The van der Waals surface area contributed by atoms with Crippen LogP contribution in [0.2, 0.25) is 0 Å². The molecule has 2 heterocycles. The van der Waals surface area contributed by atoms with Crippen molar-refractivity contribution in [3.05, 3.63) is 0 Å². The molecule has 8 heteroatoms. The van der Waals surface area contributed by atoms with Crippen LogP contribution in [0.3, 0.4) is 0 Å². The molecule has 21 heavy (non-hydrogen) atoms. The Labute approximate surface area is 129 Å². The maximum Gasteiger partial charge on any atom is 0.409 e. The zero-order valence-corrected chi connectivity index (χ0v) is 13.4. The number of ether oxygens (including phenoxy) is 2. The number of carbonyl (C=O) groups excluding carboxylic acids is 1.